The number of amides is 1. The Morgan fingerprint density at radius 1 is 1.20 bits per heavy atom. The van der Waals surface area contributed by atoms with Crippen LogP contribution in [0.3, 0.4) is 0 Å². The van der Waals surface area contributed by atoms with E-state index in [1.165, 1.54) is 0 Å². The number of pyridine rings is 1. The third-order valence-corrected chi connectivity index (χ3v) is 4.20. The molecular formula is C15H23Cl3F2N4O. The van der Waals surface area contributed by atoms with Crippen molar-refractivity contribution in [1.29, 1.82) is 0 Å². The van der Waals surface area contributed by atoms with E-state index in [2.05, 4.69) is 15.2 Å². The van der Waals surface area contributed by atoms with Crippen molar-refractivity contribution in [3.05, 3.63) is 30.1 Å². The number of halogens is 5. The fourth-order valence-electron chi connectivity index (χ4n) is 2.96. The summed E-state index contributed by atoms with van der Waals surface area (Å²) in [6.45, 7) is 2.99. The number of carbonyl (C=O) groups excluding carboxylic acids is 1. The first-order valence-electron chi connectivity index (χ1n) is 7.56. The van der Waals surface area contributed by atoms with Crippen molar-refractivity contribution < 1.29 is 13.6 Å². The van der Waals surface area contributed by atoms with Crippen LogP contribution in [-0.4, -0.2) is 65.4 Å². The normalized spacial score (nSPS) is 22.3. The standard InChI is InChI=1S/C15H20F2N4O.3ClH/c16-15(17)9-13(19-11-15)14(22)21-7-5-20(6-8-21)10-12-3-1-2-4-18-12;;;/h1-4,13,19H,5-11H2;3*1H. The van der Waals surface area contributed by atoms with Gasteiger partial charge in [-0.3, -0.25) is 20.0 Å². The molecule has 1 atom stereocenters. The Morgan fingerprint density at radius 3 is 2.40 bits per heavy atom. The number of aromatic nitrogens is 1. The van der Waals surface area contributed by atoms with Gasteiger partial charge in [0.15, 0.2) is 0 Å². The Labute approximate surface area is 164 Å². The molecule has 0 spiro atoms. The van der Waals surface area contributed by atoms with Gasteiger partial charge in [-0.25, -0.2) is 8.78 Å². The molecule has 0 saturated carbocycles. The van der Waals surface area contributed by atoms with Crippen LogP contribution in [-0.2, 0) is 11.3 Å². The average Bonchev–Trinajstić information content (AvgIpc) is 2.88. The Balaban J connectivity index is 0.00000192. The lowest BCUT2D eigenvalue weighted by atomic mass is 10.1. The monoisotopic (exact) mass is 418 g/mol. The Kier molecular flexibility index (Phi) is 10.1. The van der Waals surface area contributed by atoms with E-state index in [0.29, 0.717) is 13.1 Å². The average molecular weight is 420 g/mol. The molecule has 3 rings (SSSR count). The summed E-state index contributed by atoms with van der Waals surface area (Å²) < 4.78 is 26.4. The van der Waals surface area contributed by atoms with Crippen molar-refractivity contribution in [3.63, 3.8) is 0 Å². The molecule has 1 aromatic rings. The van der Waals surface area contributed by atoms with Gasteiger partial charge < -0.3 is 4.90 Å². The molecule has 2 aliphatic heterocycles. The number of alkyl halides is 2. The highest BCUT2D eigenvalue weighted by atomic mass is 35.5. The first kappa shape index (κ1) is 24.3. The topological polar surface area (TPSA) is 48.5 Å². The van der Waals surface area contributed by atoms with Crippen LogP contribution in [0.5, 0.6) is 0 Å². The minimum absolute atomic E-state index is 0. The fourth-order valence-corrected chi connectivity index (χ4v) is 2.96. The summed E-state index contributed by atoms with van der Waals surface area (Å²) in [6, 6.07) is 5.07. The van der Waals surface area contributed by atoms with Gasteiger partial charge in [-0.2, -0.15) is 0 Å². The quantitative estimate of drug-likeness (QED) is 0.814. The number of nitrogens with zero attached hydrogens (tertiary/aromatic N) is 3. The highest BCUT2D eigenvalue weighted by molar-refractivity contribution is 5.86. The summed E-state index contributed by atoms with van der Waals surface area (Å²) >= 11 is 0. The van der Waals surface area contributed by atoms with E-state index >= 15 is 0 Å². The van der Waals surface area contributed by atoms with Crippen LogP contribution in [0.25, 0.3) is 0 Å². The lowest BCUT2D eigenvalue weighted by molar-refractivity contribution is -0.135. The molecule has 0 radical (unpaired) electrons. The van der Waals surface area contributed by atoms with Gasteiger partial charge in [-0.15, -0.1) is 37.2 Å². The summed E-state index contributed by atoms with van der Waals surface area (Å²) in [7, 11) is 0. The number of carbonyl (C=O) groups is 1. The van der Waals surface area contributed by atoms with E-state index in [9.17, 15) is 13.6 Å². The molecule has 5 nitrogen and oxygen atoms in total. The SMILES string of the molecule is Cl.Cl.Cl.O=C(C1CC(F)(F)CN1)N1CCN(Cc2ccccn2)CC1. The van der Waals surface area contributed by atoms with Gasteiger partial charge in [0.25, 0.3) is 5.92 Å². The zero-order chi connectivity index (χ0) is 15.6. The fraction of sp³-hybridized carbons (Fsp3) is 0.600. The molecule has 1 unspecified atom stereocenters. The third kappa shape index (κ3) is 6.49. The smallest absolute Gasteiger partial charge is 0.262 e. The van der Waals surface area contributed by atoms with Crippen LogP contribution in [0.4, 0.5) is 8.78 Å². The number of hydrogen-bond acceptors (Lipinski definition) is 4. The second-order valence-corrected chi connectivity index (χ2v) is 5.92. The van der Waals surface area contributed by atoms with Crippen molar-refractivity contribution in [1.82, 2.24) is 20.1 Å². The maximum absolute atomic E-state index is 13.2. The lowest BCUT2D eigenvalue weighted by Gasteiger charge is -2.35. The van der Waals surface area contributed by atoms with Gasteiger partial charge in [0.05, 0.1) is 18.3 Å². The van der Waals surface area contributed by atoms with Crippen LogP contribution >= 0.6 is 37.2 Å². The second kappa shape index (κ2) is 10.4. The Hall–Kier alpha value is -0.730. The number of piperazine rings is 1. The maximum Gasteiger partial charge on any atom is 0.262 e. The Morgan fingerprint density at radius 2 is 1.88 bits per heavy atom. The van der Waals surface area contributed by atoms with Gasteiger partial charge in [-0.1, -0.05) is 6.07 Å². The first-order chi connectivity index (χ1) is 10.5. The molecule has 144 valence electrons. The molecule has 1 N–H and O–H groups in total. The van der Waals surface area contributed by atoms with Gasteiger partial charge >= 0.3 is 0 Å². The van der Waals surface area contributed by atoms with E-state index in [1.807, 2.05) is 18.2 Å². The molecule has 3 heterocycles. The van der Waals surface area contributed by atoms with E-state index in [-0.39, 0.29) is 49.5 Å². The van der Waals surface area contributed by atoms with E-state index in [4.69, 9.17) is 0 Å². The van der Waals surface area contributed by atoms with Crippen molar-refractivity contribution in [2.45, 2.75) is 24.9 Å². The van der Waals surface area contributed by atoms with E-state index in [1.54, 1.807) is 11.1 Å². The van der Waals surface area contributed by atoms with Crippen LogP contribution in [0.15, 0.2) is 24.4 Å². The minimum Gasteiger partial charge on any atom is -0.339 e. The van der Waals surface area contributed by atoms with Crippen LogP contribution in [0.2, 0.25) is 0 Å². The van der Waals surface area contributed by atoms with Crippen LogP contribution in [0.1, 0.15) is 12.1 Å². The highest BCUT2D eigenvalue weighted by Crippen LogP contribution is 2.26. The summed E-state index contributed by atoms with van der Waals surface area (Å²) in [5.41, 5.74) is 0.999. The summed E-state index contributed by atoms with van der Waals surface area (Å²) in [6.07, 6.45) is 1.38. The zero-order valence-corrected chi connectivity index (χ0v) is 16.0. The van der Waals surface area contributed by atoms with Crippen molar-refractivity contribution in [2.24, 2.45) is 0 Å². The molecular weight excluding hydrogens is 397 g/mol. The van der Waals surface area contributed by atoms with Gasteiger partial charge in [-0.05, 0) is 12.1 Å². The molecule has 25 heavy (non-hydrogen) atoms. The molecule has 0 bridgehead atoms. The summed E-state index contributed by atoms with van der Waals surface area (Å²) in [5.74, 6) is -2.96. The summed E-state index contributed by atoms with van der Waals surface area (Å²) in [4.78, 5) is 20.5. The molecule has 2 aliphatic rings. The molecule has 10 heteroatoms. The predicted molar refractivity (Wildman–Crippen MR) is 99.2 cm³/mol. The molecule has 1 amide bonds. The molecule has 1 aromatic heterocycles. The van der Waals surface area contributed by atoms with Crippen LogP contribution in [0, 0.1) is 0 Å². The first-order valence-corrected chi connectivity index (χ1v) is 7.56. The van der Waals surface area contributed by atoms with Gasteiger partial charge in [0.1, 0.15) is 0 Å². The summed E-state index contributed by atoms with van der Waals surface area (Å²) in [5, 5.41) is 2.63. The number of rotatable bonds is 3. The number of hydrogen-bond donors (Lipinski definition) is 1. The molecule has 0 aromatic carbocycles. The molecule has 0 aliphatic carbocycles. The zero-order valence-electron chi connectivity index (χ0n) is 13.6. The third-order valence-electron chi connectivity index (χ3n) is 4.20. The van der Waals surface area contributed by atoms with Crippen molar-refractivity contribution >= 4 is 43.1 Å². The van der Waals surface area contributed by atoms with Crippen molar-refractivity contribution in [3.8, 4) is 0 Å². The van der Waals surface area contributed by atoms with Crippen LogP contribution < -0.4 is 5.32 Å². The molecule has 2 saturated heterocycles. The van der Waals surface area contributed by atoms with Gasteiger partial charge in [0, 0.05) is 45.3 Å². The lowest BCUT2D eigenvalue weighted by Crippen LogP contribution is -2.52. The van der Waals surface area contributed by atoms with E-state index < -0.39 is 18.5 Å². The predicted octanol–water partition coefficient (Wildman–Crippen LogP) is 1.99. The largest absolute Gasteiger partial charge is 0.339 e. The highest BCUT2D eigenvalue weighted by Gasteiger charge is 2.43. The van der Waals surface area contributed by atoms with E-state index in [0.717, 1.165) is 25.3 Å². The second-order valence-electron chi connectivity index (χ2n) is 5.92. The minimum atomic E-state index is -2.76. The molecule has 2 fully saturated rings. The Bertz CT molecular complexity index is 531. The maximum atomic E-state index is 13.2. The number of nitrogens with one attached hydrogen (secondary N) is 1. The van der Waals surface area contributed by atoms with Gasteiger partial charge in [0.2, 0.25) is 5.91 Å². The van der Waals surface area contributed by atoms with Crippen molar-refractivity contribution in [2.75, 3.05) is 32.7 Å².